The van der Waals surface area contributed by atoms with Gasteiger partial charge in [-0.25, -0.2) is 4.79 Å². The van der Waals surface area contributed by atoms with E-state index in [0.29, 0.717) is 17.9 Å². The van der Waals surface area contributed by atoms with Gasteiger partial charge < -0.3 is 14.9 Å². The van der Waals surface area contributed by atoms with Crippen LogP contribution in [0.1, 0.15) is 57.1 Å². The molecule has 4 heteroatoms. The minimum Gasteiger partial charge on any atom is -0.494 e. The first-order valence-electron chi connectivity index (χ1n) is 7.28. The first-order chi connectivity index (χ1) is 9.65. The van der Waals surface area contributed by atoms with Gasteiger partial charge in [0, 0.05) is 0 Å². The SMILES string of the molecule is CCCCCCCCOc1ccc([C@@H](O)C(=O)O)cc1. The Morgan fingerprint density at radius 2 is 1.70 bits per heavy atom. The molecule has 0 aromatic heterocycles. The Balaban J connectivity index is 2.23. The van der Waals surface area contributed by atoms with Crippen LogP contribution in [0.15, 0.2) is 24.3 Å². The predicted molar refractivity (Wildman–Crippen MR) is 77.9 cm³/mol. The minimum atomic E-state index is -1.47. The van der Waals surface area contributed by atoms with Gasteiger partial charge in [-0.3, -0.25) is 0 Å². The Morgan fingerprint density at radius 1 is 1.10 bits per heavy atom. The molecular weight excluding hydrogens is 256 g/mol. The molecule has 0 spiro atoms. The van der Waals surface area contributed by atoms with Crippen molar-refractivity contribution in [1.82, 2.24) is 0 Å². The highest BCUT2D eigenvalue weighted by Gasteiger charge is 2.15. The summed E-state index contributed by atoms with van der Waals surface area (Å²) in [6.07, 6.45) is 5.83. The number of aliphatic hydroxyl groups is 1. The lowest BCUT2D eigenvalue weighted by atomic mass is 10.1. The predicted octanol–water partition coefficient (Wildman–Crippen LogP) is 3.54. The lowest BCUT2D eigenvalue weighted by Crippen LogP contribution is -2.10. The molecule has 0 fully saturated rings. The van der Waals surface area contributed by atoms with Gasteiger partial charge in [0.25, 0.3) is 0 Å². The molecule has 0 saturated carbocycles. The number of aliphatic hydroxyl groups excluding tert-OH is 1. The van der Waals surface area contributed by atoms with Crippen molar-refractivity contribution in [2.45, 2.75) is 51.6 Å². The van der Waals surface area contributed by atoms with Gasteiger partial charge in [-0.1, -0.05) is 51.2 Å². The van der Waals surface area contributed by atoms with Gasteiger partial charge in [-0.05, 0) is 24.1 Å². The van der Waals surface area contributed by atoms with Gasteiger partial charge in [0.2, 0.25) is 0 Å². The summed E-state index contributed by atoms with van der Waals surface area (Å²) in [4.78, 5) is 10.6. The fraction of sp³-hybridized carbons (Fsp3) is 0.562. The molecule has 0 aliphatic carbocycles. The van der Waals surface area contributed by atoms with Crippen molar-refractivity contribution in [1.29, 1.82) is 0 Å². The van der Waals surface area contributed by atoms with Crippen LogP contribution in [0.5, 0.6) is 5.75 Å². The number of benzene rings is 1. The Morgan fingerprint density at radius 3 is 2.30 bits per heavy atom. The van der Waals surface area contributed by atoms with Crippen molar-refractivity contribution in [3.05, 3.63) is 29.8 Å². The normalized spacial score (nSPS) is 12.1. The smallest absolute Gasteiger partial charge is 0.337 e. The first-order valence-corrected chi connectivity index (χ1v) is 7.28. The number of hydrogen-bond acceptors (Lipinski definition) is 3. The highest BCUT2D eigenvalue weighted by atomic mass is 16.5. The molecule has 4 nitrogen and oxygen atoms in total. The third kappa shape index (κ3) is 6.06. The van der Waals surface area contributed by atoms with E-state index < -0.39 is 12.1 Å². The number of carbonyl (C=O) groups is 1. The van der Waals surface area contributed by atoms with Gasteiger partial charge in [0.05, 0.1) is 6.61 Å². The second kappa shape index (κ2) is 9.37. The molecule has 0 saturated heterocycles. The van der Waals surface area contributed by atoms with Crippen LogP contribution < -0.4 is 4.74 Å². The maximum absolute atomic E-state index is 10.6. The second-order valence-electron chi connectivity index (χ2n) is 4.93. The standard InChI is InChI=1S/C16H24O4/c1-2-3-4-5-6-7-12-20-14-10-8-13(9-11-14)15(17)16(18)19/h8-11,15,17H,2-7,12H2,1H3,(H,18,19)/t15-/m1/s1. The van der Waals surface area contributed by atoms with Crippen molar-refractivity contribution in [2.75, 3.05) is 6.61 Å². The fourth-order valence-electron chi connectivity index (χ4n) is 1.96. The number of carboxylic acids is 1. The van der Waals surface area contributed by atoms with E-state index in [1.807, 2.05) is 0 Å². The van der Waals surface area contributed by atoms with Crippen LogP contribution in [0, 0.1) is 0 Å². The molecule has 1 atom stereocenters. The highest BCUT2D eigenvalue weighted by molar-refractivity contribution is 5.74. The van der Waals surface area contributed by atoms with Crippen molar-refractivity contribution >= 4 is 5.97 Å². The topological polar surface area (TPSA) is 66.8 Å². The van der Waals surface area contributed by atoms with Crippen LogP contribution in [-0.2, 0) is 4.79 Å². The Labute approximate surface area is 120 Å². The van der Waals surface area contributed by atoms with E-state index in [-0.39, 0.29) is 0 Å². The quantitative estimate of drug-likeness (QED) is 0.643. The molecule has 1 rings (SSSR count). The molecule has 0 bridgehead atoms. The maximum atomic E-state index is 10.6. The van der Waals surface area contributed by atoms with E-state index in [4.69, 9.17) is 9.84 Å². The summed E-state index contributed by atoms with van der Waals surface area (Å²) in [5.74, 6) is -0.536. The van der Waals surface area contributed by atoms with E-state index in [0.717, 1.165) is 6.42 Å². The molecule has 112 valence electrons. The Hall–Kier alpha value is -1.55. The van der Waals surface area contributed by atoms with Crippen LogP contribution in [-0.4, -0.2) is 22.8 Å². The molecule has 2 N–H and O–H groups in total. The number of unbranched alkanes of at least 4 members (excludes halogenated alkanes) is 5. The molecule has 0 aliphatic rings. The van der Waals surface area contributed by atoms with E-state index in [1.54, 1.807) is 24.3 Å². The zero-order valence-corrected chi connectivity index (χ0v) is 12.0. The second-order valence-corrected chi connectivity index (χ2v) is 4.93. The Kier molecular flexibility index (Phi) is 7.73. The van der Waals surface area contributed by atoms with E-state index in [1.165, 1.54) is 32.1 Å². The molecule has 1 aromatic carbocycles. The highest BCUT2D eigenvalue weighted by Crippen LogP contribution is 2.18. The van der Waals surface area contributed by atoms with Gasteiger partial charge in [0.15, 0.2) is 6.10 Å². The summed E-state index contributed by atoms with van der Waals surface area (Å²) in [5, 5.41) is 18.1. The molecule has 1 aromatic rings. The largest absolute Gasteiger partial charge is 0.494 e. The van der Waals surface area contributed by atoms with E-state index in [9.17, 15) is 9.90 Å². The van der Waals surface area contributed by atoms with Gasteiger partial charge in [0.1, 0.15) is 5.75 Å². The monoisotopic (exact) mass is 280 g/mol. The minimum absolute atomic E-state index is 0.365. The van der Waals surface area contributed by atoms with Crippen LogP contribution in [0.3, 0.4) is 0 Å². The number of rotatable bonds is 10. The average Bonchev–Trinajstić information content (AvgIpc) is 2.46. The first kappa shape index (κ1) is 16.5. The number of carboxylic acid groups (broad SMARTS) is 1. The van der Waals surface area contributed by atoms with Gasteiger partial charge >= 0.3 is 5.97 Å². The molecule has 20 heavy (non-hydrogen) atoms. The van der Waals surface area contributed by atoms with Crippen LogP contribution in [0.25, 0.3) is 0 Å². The van der Waals surface area contributed by atoms with E-state index in [2.05, 4.69) is 6.92 Å². The van der Waals surface area contributed by atoms with E-state index >= 15 is 0 Å². The molecule has 0 aliphatic heterocycles. The molecule has 0 amide bonds. The van der Waals surface area contributed by atoms with Crippen LogP contribution >= 0.6 is 0 Å². The average molecular weight is 280 g/mol. The molecule has 0 heterocycles. The third-order valence-electron chi connectivity index (χ3n) is 3.20. The number of aliphatic carboxylic acids is 1. The molecule has 0 radical (unpaired) electrons. The van der Waals surface area contributed by atoms with Crippen molar-refractivity contribution in [3.63, 3.8) is 0 Å². The molecule has 0 unspecified atom stereocenters. The summed E-state index contributed by atoms with van der Waals surface area (Å²) in [6, 6.07) is 6.54. The number of hydrogen-bond donors (Lipinski definition) is 2. The zero-order chi connectivity index (χ0) is 14.8. The summed E-state index contributed by atoms with van der Waals surface area (Å²) < 4.78 is 5.58. The summed E-state index contributed by atoms with van der Waals surface area (Å²) in [7, 11) is 0. The van der Waals surface area contributed by atoms with Gasteiger partial charge in [-0.15, -0.1) is 0 Å². The fourth-order valence-corrected chi connectivity index (χ4v) is 1.96. The summed E-state index contributed by atoms with van der Waals surface area (Å²) >= 11 is 0. The van der Waals surface area contributed by atoms with Crippen molar-refractivity contribution in [2.24, 2.45) is 0 Å². The van der Waals surface area contributed by atoms with Crippen LogP contribution in [0.2, 0.25) is 0 Å². The van der Waals surface area contributed by atoms with Crippen molar-refractivity contribution in [3.8, 4) is 5.75 Å². The maximum Gasteiger partial charge on any atom is 0.337 e. The van der Waals surface area contributed by atoms with Gasteiger partial charge in [-0.2, -0.15) is 0 Å². The lowest BCUT2D eigenvalue weighted by molar-refractivity contribution is -0.146. The van der Waals surface area contributed by atoms with Crippen LogP contribution in [0.4, 0.5) is 0 Å². The molecular formula is C16H24O4. The summed E-state index contributed by atoms with van der Waals surface area (Å²) in [5.41, 5.74) is 0.365. The summed E-state index contributed by atoms with van der Waals surface area (Å²) in [6.45, 7) is 2.88. The number of ether oxygens (including phenoxy) is 1. The third-order valence-corrected chi connectivity index (χ3v) is 3.20. The van der Waals surface area contributed by atoms with Crippen molar-refractivity contribution < 1.29 is 19.7 Å². The Bertz CT molecular complexity index is 386. The zero-order valence-electron chi connectivity index (χ0n) is 12.0. The lowest BCUT2D eigenvalue weighted by Gasteiger charge is -2.09.